The number of hydrogen-bond donors (Lipinski definition) is 0. The maximum atomic E-state index is 12.9. The molecule has 0 radical (unpaired) electrons. The van der Waals surface area contributed by atoms with Crippen molar-refractivity contribution in [3.63, 3.8) is 0 Å². The van der Waals surface area contributed by atoms with E-state index in [-0.39, 0.29) is 6.54 Å². The van der Waals surface area contributed by atoms with Gasteiger partial charge in [0.05, 0.1) is 17.6 Å². The molecule has 3 aromatic carbocycles. The van der Waals surface area contributed by atoms with Crippen molar-refractivity contribution in [1.29, 1.82) is 0 Å². The Morgan fingerprint density at radius 1 is 0.720 bits per heavy atom. The molecule has 126 valence electrons. The number of hydrogen-bond acceptors (Lipinski definition) is 2. The Bertz CT molecular complexity index is 921. The van der Waals surface area contributed by atoms with Gasteiger partial charge in [0.2, 0.25) is 0 Å². The van der Waals surface area contributed by atoms with E-state index < -0.39 is 10.0 Å². The van der Waals surface area contributed by atoms with Gasteiger partial charge in [-0.25, -0.2) is 8.42 Å². The molecule has 0 unspecified atom stereocenters. The molecule has 0 amide bonds. The molecule has 0 saturated heterocycles. The Balaban J connectivity index is 1.94. The van der Waals surface area contributed by atoms with E-state index in [2.05, 4.69) is 0 Å². The van der Waals surface area contributed by atoms with E-state index in [0.29, 0.717) is 5.69 Å². The average Bonchev–Trinajstić information content (AvgIpc) is 2.67. The number of benzene rings is 3. The van der Waals surface area contributed by atoms with Crippen LogP contribution >= 0.6 is 0 Å². The number of rotatable bonds is 6. The van der Waals surface area contributed by atoms with Crippen LogP contribution in [0.1, 0.15) is 11.1 Å². The molecule has 0 saturated carbocycles. The molecule has 0 aliphatic rings. The van der Waals surface area contributed by atoms with Gasteiger partial charge in [0.1, 0.15) is 0 Å². The number of para-hydroxylation sites is 1. The van der Waals surface area contributed by atoms with Crippen LogP contribution in [0.25, 0.3) is 6.08 Å². The van der Waals surface area contributed by atoms with Gasteiger partial charge in [-0.3, -0.25) is 4.31 Å². The Kier molecular flexibility index (Phi) is 5.31. The SMILES string of the molecule is O=S(=O)(/C=C/c1ccccc1)N(Cc1ccccc1)c1ccccc1. The molecule has 0 N–H and O–H groups in total. The molecular formula is C21H19NO2S. The van der Waals surface area contributed by atoms with Crippen LogP contribution in [-0.4, -0.2) is 8.42 Å². The molecule has 0 atom stereocenters. The van der Waals surface area contributed by atoms with Gasteiger partial charge in [0, 0.05) is 0 Å². The summed E-state index contributed by atoms with van der Waals surface area (Å²) in [4.78, 5) is 0. The largest absolute Gasteiger partial charge is 0.262 e. The predicted octanol–water partition coefficient (Wildman–Crippen LogP) is 4.69. The molecule has 0 heterocycles. The third-order valence-corrected chi connectivity index (χ3v) is 5.19. The maximum Gasteiger partial charge on any atom is 0.257 e. The quantitative estimate of drug-likeness (QED) is 0.647. The number of nitrogens with zero attached hydrogens (tertiary/aromatic N) is 1. The van der Waals surface area contributed by atoms with Gasteiger partial charge < -0.3 is 0 Å². The smallest absolute Gasteiger partial charge is 0.257 e. The van der Waals surface area contributed by atoms with Crippen molar-refractivity contribution in [3.8, 4) is 0 Å². The Labute approximate surface area is 148 Å². The van der Waals surface area contributed by atoms with Gasteiger partial charge >= 0.3 is 0 Å². The van der Waals surface area contributed by atoms with E-state index in [0.717, 1.165) is 11.1 Å². The molecule has 3 rings (SSSR count). The van der Waals surface area contributed by atoms with Crippen molar-refractivity contribution in [2.75, 3.05) is 4.31 Å². The van der Waals surface area contributed by atoms with Gasteiger partial charge in [-0.15, -0.1) is 0 Å². The van der Waals surface area contributed by atoms with Crippen molar-refractivity contribution >= 4 is 21.8 Å². The lowest BCUT2D eigenvalue weighted by atomic mass is 10.2. The normalized spacial score (nSPS) is 11.5. The van der Waals surface area contributed by atoms with Crippen LogP contribution in [0.3, 0.4) is 0 Å². The van der Waals surface area contributed by atoms with Crippen LogP contribution in [-0.2, 0) is 16.6 Å². The highest BCUT2D eigenvalue weighted by molar-refractivity contribution is 7.95. The summed E-state index contributed by atoms with van der Waals surface area (Å²) in [5, 5.41) is 1.26. The Hall–Kier alpha value is -2.85. The first-order chi connectivity index (χ1) is 12.1. The van der Waals surface area contributed by atoms with Gasteiger partial charge in [-0.1, -0.05) is 78.9 Å². The highest BCUT2D eigenvalue weighted by Crippen LogP contribution is 2.22. The molecule has 0 aliphatic heterocycles. The minimum absolute atomic E-state index is 0.284. The van der Waals surface area contributed by atoms with Crippen molar-refractivity contribution < 1.29 is 8.42 Å². The first-order valence-corrected chi connectivity index (χ1v) is 9.50. The summed E-state index contributed by atoms with van der Waals surface area (Å²) in [6, 6.07) is 28.1. The molecule has 0 aliphatic carbocycles. The molecular weight excluding hydrogens is 330 g/mol. The van der Waals surface area contributed by atoms with E-state index >= 15 is 0 Å². The summed E-state index contributed by atoms with van der Waals surface area (Å²) >= 11 is 0. The molecule has 3 nitrogen and oxygen atoms in total. The lowest BCUT2D eigenvalue weighted by molar-refractivity contribution is 0.599. The highest BCUT2D eigenvalue weighted by Gasteiger charge is 2.20. The van der Waals surface area contributed by atoms with Gasteiger partial charge in [0.25, 0.3) is 10.0 Å². The number of sulfonamides is 1. The van der Waals surface area contributed by atoms with E-state index in [9.17, 15) is 8.42 Å². The third kappa shape index (κ3) is 4.58. The summed E-state index contributed by atoms with van der Waals surface area (Å²) in [7, 11) is -3.62. The predicted molar refractivity (Wildman–Crippen MR) is 103 cm³/mol. The van der Waals surface area contributed by atoms with Gasteiger partial charge in [-0.05, 0) is 29.3 Å². The zero-order chi connectivity index (χ0) is 17.5. The van der Waals surface area contributed by atoms with Crippen LogP contribution in [0.5, 0.6) is 0 Å². The van der Waals surface area contributed by atoms with Gasteiger partial charge in [0.15, 0.2) is 0 Å². The second-order valence-corrected chi connectivity index (χ2v) is 7.33. The second kappa shape index (κ2) is 7.81. The average molecular weight is 349 g/mol. The summed E-state index contributed by atoms with van der Waals surface area (Å²) < 4.78 is 27.3. The zero-order valence-electron chi connectivity index (χ0n) is 13.7. The second-order valence-electron chi connectivity index (χ2n) is 5.59. The van der Waals surface area contributed by atoms with Crippen LogP contribution < -0.4 is 4.31 Å². The fraction of sp³-hybridized carbons (Fsp3) is 0.0476. The zero-order valence-corrected chi connectivity index (χ0v) is 14.5. The summed E-state index contributed by atoms with van der Waals surface area (Å²) in [6.45, 7) is 0.284. The molecule has 3 aromatic rings. The Morgan fingerprint density at radius 2 is 1.24 bits per heavy atom. The minimum Gasteiger partial charge on any atom is -0.262 e. The monoisotopic (exact) mass is 349 g/mol. The van der Waals surface area contributed by atoms with Crippen molar-refractivity contribution in [2.45, 2.75) is 6.54 Å². The maximum absolute atomic E-state index is 12.9. The standard InChI is InChI=1S/C21H19NO2S/c23-25(24,17-16-19-10-4-1-5-11-19)22(21-14-8-3-9-15-21)18-20-12-6-2-7-13-20/h1-17H,18H2/b17-16+. The van der Waals surface area contributed by atoms with E-state index in [1.54, 1.807) is 18.2 Å². The fourth-order valence-electron chi connectivity index (χ4n) is 2.47. The molecule has 0 aromatic heterocycles. The van der Waals surface area contributed by atoms with Crippen LogP contribution in [0.2, 0.25) is 0 Å². The van der Waals surface area contributed by atoms with Crippen LogP contribution in [0.15, 0.2) is 96.4 Å². The Morgan fingerprint density at radius 3 is 1.84 bits per heavy atom. The highest BCUT2D eigenvalue weighted by atomic mass is 32.2. The lowest BCUT2D eigenvalue weighted by Crippen LogP contribution is -2.28. The van der Waals surface area contributed by atoms with Crippen molar-refractivity contribution in [3.05, 3.63) is 108 Å². The first kappa shape index (κ1) is 17.0. The molecule has 4 heteroatoms. The van der Waals surface area contributed by atoms with Crippen molar-refractivity contribution in [2.24, 2.45) is 0 Å². The summed E-state index contributed by atoms with van der Waals surface area (Å²) in [5.74, 6) is 0. The third-order valence-electron chi connectivity index (χ3n) is 3.75. The van der Waals surface area contributed by atoms with E-state index in [4.69, 9.17) is 0 Å². The van der Waals surface area contributed by atoms with E-state index in [1.807, 2.05) is 78.9 Å². The number of anilines is 1. The molecule has 0 fully saturated rings. The molecule has 0 spiro atoms. The minimum atomic E-state index is -3.62. The molecule has 0 bridgehead atoms. The molecule has 25 heavy (non-hydrogen) atoms. The summed E-state index contributed by atoms with van der Waals surface area (Å²) in [5.41, 5.74) is 2.42. The topological polar surface area (TPSA) is 37.4 Å². The van der Waals surface area contributed by atoms with Gasteiger partial charge in [-0.2, -0.15) is 0 Å². The fourth-order valence-corrected chi connectivity index (χ4v) is 3.69. The van der Waals surface area contributed by atoms with Crippen LogP contribution in [0.4, 0.5) is 5.69 Å². The van der Waals surface area contributed by atoms with Crippen molar-refractivity contribution in [1.82, 2.24) is 0 Å². The van der Waals surface area contributed by atoms with E-state index in [1.165, 1.54) is 9.71 Å². The lowest BCUT2D eigenvalue weighted by Gasteiger charge is -2.23. The summed E-state index contributed by atoms with van der Waals surface area (Å²) in [6.07, 6.45) is 1.62. The first-order valence-electron chi connectivity index (χ1n) is 8.00. The van der Waals surface area contributed by atoms with Crippen LogP contribution in [0, 0.1) is 0 Å².